The quantitative estimate of drug-likeness (QED) is 0.748. The van der Waals surface area contributed by atoms with E-state index in [9.17, 15) is 8.42 Å². The van der Waals surface area contributed by atoms with E-state index in [1.54, 1.807) is 18.2 Å². The third-order valence-corrected chi connectivity index (χ3v) is 5.24. The van der Waals surface area contributed by atoms with Crippen LogP contribution in [0.4, 0.5) is 5.69 Å². The van der Waals surface area contributed by atoms with Gasteiger partial charge in [-0.25, -0.2) is 8.42 Å². The van der Waals surface area contributed by atoms with Crippen molar-refractivity contribution in [1.82, 2.24) is 4.98 Å². The Bertz CT molecular complexity index is 836. The van der Waals surface area contributed by atoms with Gasteiger partial charge in [-0.2, -0.15) is 4.98 Å². The van der Waals surface area contributed by atoms with Gasteiger partial charge in [-0.15, -0.1) is 11.3 Å². The molecule has 3 rings (SSSR count). The molecule has 0 radical (unpaired) electrons. The smallest absolute Gasteiger partial charge is 0.316 e. The van der Waals surface area contributed by atoms with Crippen LogP contribution in [0.15, 0.2) is 45.4 Å². The number of benzene rings is 1. The van der Waals surface area contributed by atoms with Crippen molar-refractivity contribution in [3.05, 3.63) is 40.6 Å². The Morgan fingerprint density at radius 3 is 2.90 bits per heavy atom. The van der Waals surface area contributed by atoms with E-state index in [4.69, 9.17) is 10.2 Å². The molecule has 5 nitrogen and oxygen atoms in total. The first kappa shape index (κ1) is 13.1. The molecular formula is C13H12N2O3S2. The van der Waals surface area contributed by atoms with E-state index in [0.717, 1.165) is 4.88 Å². The SMILES string of the molecule is Nc1ccc2oc(S(=O)(=O)CCc3cccs3)nc2c1. The van der Waals surface area contributed by atoms with E-state index >= 15 is 0 Å². The van der Waals surface area contributed by atoms with E-state index in [0.29, 0.717) is 23.2 Å². The van der Waals surface area contributed by atoms with Gasteiger partial charge in [0.15, 0.2) is 5.58 Å². The summed E-state index contributed by atoms with van der Waals surface area (Å²) < 4.78 is 29.7. The van der Waals surface area contributed by atoms with Crippen LogP contribution in [0, 0.1) is 0 Å². The van der Waals surface area contributed by atoms with E-state index in [2.05, 4.69) is 4.98 Å². The number of fused-ring (bicyclic) bond motifs is 1. The summed E-state index contributed by atoms with van der Waals surface area (Å²) in [4.78, 5) is 5.04. The van der Waals surface area contributed by atoms with Crippen LogP contribution in [0.25, 0.3) is 11.1 Å². The number of hydrogen-bond donors (Lipinski definition) is 1. The second-order valence-corrected chi connectivity index (χ2v) is 7.37. The largest absolute Gasteiger partial charge is 0.428 e. The molecule has 0 aliphatic carbocycles. The van der Waals surface area contributed by atoms with Gasteiger partial charge in [0.2, 0.25) is 9.84 Å². The second-order valence-electron chi connectivity index (χ2n) is 4.36. The van der Waals surface area contributed by atoms with Crippen LogP contribution in [0.3, 0.4) is 0 Å². The lowest BCUT2D eigenvalue weighted by atomic mass is 10.3. The number of anilines is 1. The lowest BCUT2D eigenvalue weighted by molar-refractivity contribution is 0.458. The minimum atomic E-state index is -3.52. The molecule has 0 saturated carbocycles. The van der Waals surface area contributed by atoms with Gasteiger partial charge in [-0.1, -0.05) is 6.07 Å². The summed E-state index contributed by atoms with van der Waals surface area (Å²) in [5.74, 6) is -0.0180. The van der Waals surface area contributed by atoms with E-state index in [1.165, 1.54) is 11.3 Å². The normalized spacial score (nSPS) is 12.0. The van der Waals surface area contributed by atoms with Gasteiger partial charge in [0.25, 0.3) is 0 Å². The van der Waals surface area contributed by atoms with Crippen LogP contribution in [-0.2, 0) is 16.3 Å². The fourth-order valence-corrected chi connectivity index (χ4v) is 3.79. The molecular weight excluding hydrogens is 296 g/mol. The van der Waals surface area contributed by atoms with Crippen LogP contribution in [-0.4, -0.2) is 19.2 Å². The fourth-order valence-electron chi connectivity index (χ4n) is 1.83. The Balaban J connectivity index is 1.88. The molecule has 0 spiro atoms. The van der Waals surface area contributed by atoms with Crippen molar-refractivity contribution in [1.29, 1.82) is 0 Å². The van der Waals surface area contributed by atoms with Gasteiger partial charge >= 0.3 is 5.22 Å². The summed E-state index contributed by atoms with van der Waals surface area (Å²) in [6, 6.07) is 8.67. The van der Waals surface area contributed by atoms with Crippen LogP contribution >= 0.6 is 11.3 Å². The first-order valence-electron chi connectivity index (χ1n) is 5.96. The number of thiophene rings is 1. The van der Waals surface area contributed by atoms with Gasteiger partial charge in [-0.3, -0.25) is 0 Å². The number of nitrogen functional groups attached to an aromatic ring is 1. The fraction of sp³-hybridized carbons (Fsp3) is 0.154. The van der Waals surface area contributed by atoms with E-state index in [1.807, 2.05) is 17.5 Å². The van der Waals surface area contributed by atoms with Gasteiger partial charge < -0.3 is 10.2 Å². The second kappa shape index (κ2) is 4.92. The highest BCUT2D eigenvalue weighted by atomic mass is 32.2. The number of nitrogens with zero attached hydrogens (tertiary/aromatic N) is 1. The van der Waals surface area contributed by atoms with Crippen molar-refractivity contribution >= 4 is 38.0 Å². The molecule has 2 N–H and O–H groups in total. The summed E-state index contributed by atoms with van der Waals surface area (Å²) in [5, 5.41) is 1.68. The molecule has 0 amide bonds. The third kappa shape index (κ3) is 2.54. The van der Waals surface area contributed by atoms with E-state index < -0.39 is 9.84 Å². The Morgan fingerprint density at radius 2 is 2.15 bits per heavy atom. The van der Waals surface area contributed by atoms with Gasteiger partial charge in [0.05, 0.1) is 5.75 Å². The summed E-state index contributed by atoms with van der Waals surface area (Å²) >= 11 is 1.53. The summed E-state index contributed by atoms with van der Waals surface area (Å²) in [6.07, 6.45) is 0.459. The molecule has 0 aliphatic rings. The van der Waals surface area contributed by atoms with Crippen LogP contribution in [0.5, 0.6) is 0 Å². The predicted molar refractivity (Wildman–Crippen MR) is 78.5 cm³/mol. The number of nitrogens with two attached hydrogens (primary N) is 1. The lowest BCUT2D eigenvalue weighted by Crippen LogP contribution is -2.09. The van der Waals surface area contributed by atoms with Crippen molar-refractivity contribution in [2.75, 3.05) is 11.5 Å². The standard InChI is InChI=1S/C13H12N2O3S2/c14-9-3-4-12-11(8-9)15-13(18-12)20(16,17)7-5-10-2-1-6-19-10/h1-4,6,8H,5,7,14H2. The van der Waals surface area contributed by atoms with Gasteiger partial charge in [-0.05, 0) is 36.1 Å². The zero-order valence-electron chi connectivity index (χ0n) is 10.4. The van der Waals surface area contributed by atoms with Crippen molar-refractivity contribution in [3.63, 3.8) is 0 Å². The maximum absolute atomic E-state index is 12.2. The Kier molecular flexibility index (Phi) is 3.23. The third-order valence-electron chi connectivity index (χ3n) is 2.86. The summed E-state index contributed by atoms with van der Waals surface area (Å²) in [6.45, 7) is 0. The van der Waals surface area contributed by atoms with Crippen molar-refractivity contribution < 1.29 is 12.8 Å². The highest BCUT2D eigenvalue weighted by Gasteiger charge is 2.22. The predicted octanol–water partition coefficient (Wildman–Crippen LogP) is 2.49. The number of rotatable bonds is 4. The molecule has 2 heterocycles. The van der Waals surface area contributed by atoms with Gasteiger partial charge in [0, 0.05) is 10.6 Å². The highest BCUT2D eigenvalue weighted by Crippen LogP contribution is 2.22. The topological polar surface area (TPSA) is 86.2 Å². The first-order chi connectivity index (χ1) is 9.54. The molecule has 1 aromatic carbocycles. The number of aromatic nitrogens is 1. The molecule has 2 aromatic heterocycles. The monoisotopic (exact) mass is 308 g/mol. The van der Waals surface area contributed by atoms with Crippen LogP contribution < -0.4 is 5.73 Å². The molecule has 3 aromatic rings. The maximum Gasteiger partial charge on any atom is 0.316 e. The van der Waals surface area contributed by atoms with Gasteiger partial charge in [0.1, 0.15) is 5.52 Å². The van der Waals surface area contributed by atoms with Crippen molar-refractivity contribution in [3.8, 4) is 0 Å². The highest BCUT2D eigenvalue weighted by molar-refractivity contribution is 7.91. The average Bonchev–Trinajstić information content (AvgIpc) is 3.05. The van der Waals surface area contributed by atoms with Crippen LogP contribution in [0.1, 0.15) is 4.88 Å². The molecule has 20 heavy (non-hydrogen) atoms. The zero-order chi connectivity index (χ0) is 14.2. The lowest BCUT2D eigenvalue weighted by Gasteiger charge is -1.97. The minimum Gasteiger partial charge on any atom is -0.428 e. The minimum absolute atomic E-state index is 0.0180. The Morgan fingerprint density at radius 1 is 1.30 bits per heavy atom. The molecule has 0 saturated heterocycles. The molecule has 104 valence electrons. The van der Waals surface area contributed by atoms with E-state index in [-0.39, 0.29) is 11.0 Å². The molecule has 0 fully saturated rings. The zero-order valence-corrected chi connectivity index (χ0v) is 12.1. The number of hydrogen-bond acceptors (Lipinski definition) is 6. The van der Waals surface area contributed by atoms with Crippen molar-refractivity contribution in [2.45, 2.75) is 11.6 Å². The summed E-state index contributed by atoms with van der Waals surface area (Å²) in [7, 11) is -3.52. The van der Waals surface area contributed by atoms with Crippen LogP contribution in [0.2, 0.25) is 0 Å². The number of oxazole rings is 1. The number of sulfone groups is 1. The van der Waals surface area contributed by atoms with Crippen molar-refractivity contribution in [2.24, 2.45) is 0 Å². The maximum atomic E-state index is 12.2. The molecule has 0 atom stereocenters. The number of aryl methyl sites for hydroxylation is 1. The molecule has 0 aliphatic heterocycles. The molecule has 7 heteroatoms. The molecule has 0 unspecified atom stereocenters. The Labute approximate surface area is 120 Å². The average molecular weight is 308 g/mol. The summed E-state index contributed by atoms with van der Waals surface area (Å²) in [5.41, 5.74) is 7.04. The Hall–Kier alpha value is -1.86. The molecule has 0 bridgehead atoms. The first-order valence-corrected chi connectivity index (χ1v) is 8.49.